The average Bonchev–Trinajstić information content (AvgIpc) is 2.57. The number of hydrazone groups is 1. The molecule has 1 aromatic heterocycles. The van der Waals surface area contributed by atoms with E-state index in [1.54, 1.807) is 18.2 Å². The van der Waals surface area contributed by atoms with Crippen LogP contribution in [0.15, 0.2) is 41.6 Å². The van der Waals surface area contributed by atoms with Gasteiger partial charge in [-0.05, 0) is 18.2 Å². The smallest absolute Gasteiger partial charge is 0.417 e. The van der Waals surface area contributed by atoms with E-state index in [1.165, 1.54) is 12.1 Å². The highest BCUT2D eigenvalue weighted by molar-refractivity contribution is 6.45. The zero-order valence-electron chi connectivity index (χ0n) is 12.8. The van der Waals surface area contributed by atoms with Gasteiger partial charge in [0, 0.05) is 6.20 Å². The Kier molecular flexibility index (Phi) is 5.64. The molecular weight excluding hydrogens is 373 g/mol. The molecule has 0 aliphatic rings. The first-order valence-electron chi connectivity index (χ1n) is 6.80. The number of alkyl halides is 3. The highest BCUT2D eigenvalue weighted by Gasteiger charge is 2.31. The van der Waals surface area contributed by atoms with E-state index in [9.17, 15) is 13.2 Å². The van der Waals surface area contributed by atoms with E-state index < -0.39 is 17.6 Å². The van der Waals surface area contributed by atoms with E-state index in [4.69, 9.17) is 32.7 Å². The number of benzene rings is 1. The van der Waals surface area contributed by atoms with Crippen LogP contribution in [0.25, 0.3) is 0 Å². The van der Waals surface area contributed by atoms with Gasteiger partial charge in [-0.25, -0.2) is 4.98 Å². The average molecular weight is 383 g/mol. The van der Waals surface area contributed by atoms with Crippen molar-refractivity contribution in [1.82, 2.24) is 4.98 Å². The van der Waals surface area contributed by atoms with Crippen molar-refractivity contribution in [2.24, 2.45) is 10.8 Å². The Hall–Kier alpha value is -3.32. The van der Waals surface area contributed by atoms with Crippen LogP contribution in [-0.2, 0) is 6.18 Å². The Balaban J connectivity index is 2.29. The first-order valence-corrected chi connectivity index (χ1v) is 7.18. The van der Waals surface area contributed by atoms with Gasteiger partial charge in [-0.2, -0.15) is 23.5 Å². The van der Waals surface area contributed by atoms with Crippen molar-refractivity contribution in [3.8, 4) is 17.7 Å². The van der Waals surface area contributed by atoms with Crippen LogP contribution in [0.3, 0.4) is 0 Å². The molecule has 4 N–H and O–H groups in total. The van der Waals surface area contributed by atoms with Gasteiger partial charge >= 0.3 is 6.18 Å². The molecule has 2 aromatic rings. The summed E-state index contributed by atoms with van der Waals surface area (Å²) in [4.78, 5) is 3.58. The van der Waals surface area contributed by atoms with Crippen LogP contribution >= 0.6 is 11.6 Å². The van der Waals surface area contributed by atoms with Crippen LogP contribution in [0.5, 0.6) is 11.6 Å². The lowest BCUT2D eigenvalue weighted by Gasteiger charge is -2.12. The molecule has 7 nitrogen and oxygen atoms in total. The molecule has 11 heteroatoms. The minimum atomic E-state index is -4.58. The molecule has 0 fully saturated rings. The molecule has 0 unspecified atom stereocenters. The van der Waals surface area contributed by atoms with Gasteiger partial charge < -0.3 is 10.5 Å². The van der Waals surface area contributed by atoms with Crippen LogP contribution in [0.4, 0.5) is 18.9 Å². The maximum atomic E-state index is 12.6. The van der Waals surface area contributed by atoms with Gasteiger partial charge in [0.15, 0.2) is 11.6 Å². The molecule has 0 atom stereocenters. The predicted molar refractivity (Wildman–Crippen MR) is 89.3 cm³/mol. The second kappa shape index (κ2) is 7.71. The summed E-state index contributed by atoms with van der Waals surface area (Å²) in [6.07, 6.45) is -3.98. The van der Waals surface area contributed by atoms with Crippen LogP contribution in [-0.4, -0.2) is 16.5 Å². The third kappa shape index (κ3) is 4.61. The number of nitrogens with two attached hydrogens (primary N) is 1. The molecular formula is C15H10ClF3N6O. The van der Waals surface area contributed by atoms with E-state index in [0.717, 1.165) is 0 Å². The molecule has 0 aliphatic carbocycles. The van der Waals surface area contributed by atoms with E-state index >= 15 is 0 Å². The van der Waals surface area contributed by atoms with Crippen LogP contribution in [0.1, 0.15) is 5.56 Å². The topological polar surface area (TPSA) is 120 Å². The number of pyridine rings is 1. The maximum Gasteiger partial charge on any atom is 0.417 e. The van der Waals surface area contributed by atoms with Gasteiger partial charge in [0.1, 0.15) is 11.1 Å². The Labute approximate surface area is 150 Å². The molecule has 26 heavy (non-hydrogen) atoms. The number of para-hydroxylation sites is 2. The molecule has 0 spiro atoms. The van der Waals surface area contributed by atoms with Crippen molar-refractivity contribution >= 4 is 28.8 Å². The summed E-state index contributed by atoms with van der Waals surface area (Å²) in [7, 11) is 0. The monoisotopic (exact) mass is 382 g/mol. The van der Waals surface area contributed by atoms with Gasteiger partial charge in [0.05, 0.1) is 11.3 Å². The Morgan fingerprint density at radius 1 is 1.38 bits per heavy atom. The second-order valence-corrected chi connectivity index (χ2v) is 5.11. The molecule has 0 bridgehead atoms. The number of rotatable bonds is 5. The Bertz CT molecular complexity index is 907. The van der Waals surface area contributed by atoms with E-state index in [1.807, 2.05) is 0 Å². The number of hydrogen-bond donors (Lipinski definition) is 3. The van der Waals surface area contributed by atoms with Crippen molar-refractivity contribution in [3.63, 3.8) is 0 Å². The zero-order chi connectivity index (χ0) is 19.3. The van der Waals surface area contributed by atoms with E-state index in [0.29, 0.717) is 12.3 Å². The van der Waals surface area contributed by atoms with Gasteiger partial charge in [-0.1, -0.05) is 23.7 Å². The number of nitrogens with one attached hydrogen (secondary N) is 2. The van der Waals surface area contributed by atoms with E-state index in [2.05, 4.69) is 15.5 Å². The van der Waals surface area contributed by atoms with Gasteiger partial charge in [0.25, 0.3) is 0 Å². The third-order valence-corrected chi connectivity index (χ3v) is 3.15. The van der Waals surface area contributed by atoms with Crippen molar-refractivity contribution in [1.29, 1.82) is 10.7 Å². The minimum Gasteiger partial charge on any atom is -0.435 e. The van der Waals surface area contributed by atoms with Gasteiger partial charge in [-0.3, -0.25) is 10.8 Å². The van der Waals surface area contributed by atoms with Gasteiger partial charge in [0.2, 0.25) is 11.6 Å². The quantitative estimate of drug-likeness (QED) is 0.413. The molecule has 0 saturated heterocycles. The lowest BCUT2D eigenvalue weighted by Crippen LogP contribution is -2.21. The predicted octanol–water partition coefficient (Wildman–Crippen LogP) is 3.77. The zero-order valence-corrected chi connectivity index (χ0v) is 13.6. The fourth-order valence-electron chi connectivity index (χ4n) is 1.67. The summed E-state index contributed by atoms with van der Waals surface area (Å²) in [5.41, 5.74) is 6.56. The maximum absolute atomic E-state index is 12.6. The Morgan fingerprint density at radius 3 is 2.65 bits per heavy atom. The summed E-state index contributed by atoms with van der Waals surface area (Å²) in [5, 5.41) is 19.3. The lowest BCUT2D eigenvalue weighted by atomic mass is 10.3. The first-order chi connectivity index (χ1) is 12.2. The summed E-state index contributed by atoms with van der Waals surface area (Å²) >= 11 is 5.81. The molecule has 1 aromatic carbocycles. The number of ether oxygens (including phenoxy) is 1. The molecule has 134 valence electrons. The normalized spacial score (nSPS) is 11.6. The number of halogens is 4. The third-order valence-electron chi connectivity index (χ3n) is 2.88. The summed E-state index contributed by atoms with van der Waals surface area (Å²) < 4.78 is 43.4. The lowest BCUT2D eigenvalue weighted by molar-refractivity contribution is -0.137. The minimum absolute atomic E-state index is 0.131. The summed E-state index contributed by atoms with van der Waals surface area (Å²) in [6.45, 7) is 0. The van der Waals surface area contributed by atoms with Crippen molar-refractivity contribution < 1.29 is 17.9 Å². The van der Waals surface area contributed by atoms with Crippen LogP contribution in [0, 0.1) is 16.7 Å². The van der Waals surface area contributed by atoms with Crippen LogP contribution < -0.4 is 15.9 Å². The first kappa shape index (κ1) is 19.0. The molecule has 2 rings (SSSR count). The van der Waals surface area contributed by atoms with Gasteiger partial charge in [-0.15, -0.1) is 0 Å². The number of nitrogens with zero attached hydrogens (tertiary/aromatic N) is 3. The molecule has 1 heterocycles. The number of hydrogen-bond acceptors (Lipinski definition) is 6. The molecule has 0 amide bonds. The van der Waals surface area contributed by atoms with E-state index in [-0.39, 0.29) is 28.1 Å². The highest BCUT2D eigenvalue weighted by Crippen LogP contribution is 2.36. The number of anilines is 1. The SMILES string of the molecule is N#C/C(=N\Nc1ccccc1Oc1ncc(C(F)(F)F)cc1Cl)C(=N)N. The fourth-order valence-corrected chi connectivity index (χ4v) is 1.87. The standard InChI is InChI=1S/C15H10ClF3N6O/c16-9-5-8(15(17,18)19)7-23-14(9)26-12-4-2-1-3-10(12)24-25-11(6-20)13(21)22/h1-5,7,24H,(H3,21,22)/b25-11+. The fraction of sp³-hybridized carbons (Fsp3) is 0.0667. The summed E-state index contributed by atoms with van der Waals surface area (Å²) in [5.74, 6) is -0.651. The van der Waals surface area contributed by atoms with Crippen molar-refractivity contribution in [3.05, 3.63) is 47.1 Å². The second-order valence-electron chi connectivity index (χ2n) is 4.70. The molecule has 0 saturated carbocycles. The number of nitriles is 1. The van der Waals surface area contributed by atoms with Crippen LogP contribution in [0.2, 0.25) is 5.02 Å². The molecule has 0 radical (unpaired) electrons. The molecule has 0 aliphatic heterocycles. The van der Waals surface area contributed by atoms with Crippen molar-refractivity contribution in [2.75, 3.05) is 5.43 Å². The number of aromatic nitrogens is 1. The summed E-state index contributed by atoms with van der Waals surface area (Å²) in [6, 6.07) is 8.54. The number of amidine groups is 1. The highest BCUT2D eigenvalue weighted by atomic mass is 35.5. The van der Waals surface area contributed by atoms with Crippen molar-refractivity contribution in [2.45, 2.75) is 6.18 Å². The Morgan fingerprint density at radius 2 is 2.08 bits per heavy atom. The largest absolute Gasteiger partial charge is 0.435 e.